The van der Waals surface area contributed by atoms with E-state index in [0.29, 0.717) is 11.3 Å². The Kier molecular flexibility index (Phi) is 5.91. The zero-order valence-electron chi connectivity index (χ0n) is 9.95. The maximum absolute atomic E-state index is 8.70. The highest BCUT2D eigenvalue weighted by Crippen LogP contribution is 2.19. The molecule has 0 aliphatic rings. The summed E-state index contributed by atoms with van der Waals surface area (Å²) < 4.78 is 0. The molecule has 0 fully saturated rings. The van der Waals surface area contributed by atoms with Crippen molar-refractivity contribution in [3.05, 3.63) is 23.8 Å². The van der Waals surface area contributed by atoms with Gasteiger partial charge in [-0.15, -0.1) is 0 Å². The molecule has 0 spiro atoms. The molecule has 0 saturated heterocycles. The van der Waals surface area contributed by atoms with Crippen LogP contribution in [-0.4, -0.2) is 18.3 Å². The molecule has 92 valence electrons. The van der Waals surface area contributed by atoms with Crippen LogP contribution in [0, 0.1) is 11.3 Å². The molecule has 4 nitrogen and oxygen atoms in total. The van der Waals surface area contributed by atoms with Gasteiger partial charge in [-0.1, -0.05) is 12.8 Å². The van der Waals surface area contributed by atoms with Crippen molar-refractivity contribution in [1.29, 1.82) is 5.26 Å². The maximum Gasteiger partial charge on any atom is 0.0992 e. The van der Waals surface area contributed by atoms with E-state index in [2.05, 4.69) is 11.4 Å². The molecule has 4 heteroatoms. The van der Waals surface area contributed by atoms with Crippen LogP contribution < -0.4 is 11.1 Å². The van der Waals surface area contributed by atoms with Crippen molar-refractivity contribution in [2.45, 2.75) is 25.7 Å². The van der Waals surface area contributed by atoms with E-state index in [4.69, 9.17) is 16.1 Å². The lowest BCUT2D eigenvalue weighted by Gasteiger charge is -2.09. The highest BCUT2D eigenvalue weighted by Gasteiger charge is 1.99. The van der Waals surface area contributed by atoms with E-state index in [9.17, 15) is 0 Å². The number of aliphatic hydroxyl groups excluding tert-OH is 1. The highest BCUT2D eigenvalue weighted by molar-refractivity contribution is 5.68. The molecule has 0 atom stereocenters. The van der Waals surface area contributed by atoms with Gasteiger partial charge in [0.2, 0.25) is 0 Å². The molecule has 0 unspecified atom stereocenters. The number of nitrogens with two attached hydrogens (primary N) is 1. The first kappa shape index (κ1) is 13.3. The summed E-state index contributed by atoms with van der Waals surface area (Å²) in [6, 6.07) is 7.32. The van der Waals surface area contributed by atoms with E-state index in [0.717, 1.165) is 37.9 Å². The molecule has 1 aromatic carbocycles. The van der Waals surface area contributed by atoms with Crippen LogP contribution in [0.15, 0.2) is 18.2 Å². The molecule has 1 rings (SSSR count). The number of aliphatic hydroxyl groups is 1. The lowest BCUT2D eigenvalue weighted by molar-refractivity contribution is 0.283. The molecular formula is C13H19N3O. The van der Waals surface area contributed by atoms with Gasteiger partial charge in [-0.2, -0.15) is 5.26 Å². The van der Waals surface area contributed by atoms with E-state index in [1.807, 2.05) is 6.07 Å². The number of nitrogens with one attached hydrogen (secondary N) is 1. The smallest absolute Gasteiger partial charge is 0.0992 e. The number of benzene rings is 1. The SMILES string of the molecule is N#Cc1ccc(NCCCCCCO)c(N)c1. The monoisotopic (exact) mass is 233 g/mol. The number of unbranched alkanes of at least 4 members (excludes halogenated alkanes) is 3. The predicted molar refractivity (Wildman–Crippen MR) is 69.6 cm³/mol. The summed E-state index contributed by atoms with van der Waals surface area (Å²) in [6.45, 7) is 1.14. The first-order valence-electron chi connectivity index (χ1n) is 5.92. The molecule has 0 saturated carbocycles. The summed E-state index contributed by atoms with van der Waals surface area (Å²) in [5.74, 6) is 0. The summed E-state index contributed by atoms with van der Waals surface area (Å²) in [4.78, 5) is 0. The van der Waals surface area contributed by atoms with Crippen LogP contribution in [0.2, 0.25) is 0 Å². The van der Waals surface area contributed by atoms with E-state index in [-0.39, 0.29) is 6.61 Å². The van der Waals surface area contributed by atoms with Crippen LogP contribution in [0.3, 0.4) is 0 Å². The van der Waals surface area contributed by atoms with E-state index in [1.165, 1.54) is 0 Å². The Morgan fingerprint density at radius 2 is 2.00 bits per heavy atom. The number of nitrogen functional groups attached to an aromatic ring is 1. The standard InChI is InChI=1S/C13H19N3O/c14-10-11-5-6-13(12(15)9-11)16-7-3-1-2-4-8-17/h5-6,9,16-17H,1-4,7-8,15H2. The Morgan fingerprint density at radius 3 is 2.65 bits per heavy atom. The Bertz CT molecular complexity index is 385. The molecule has 0 heterocycles. The molecule has 1 aromatic rings. The number of hydrogen-bond acceptors (Lipinski definition) is 4. The summed E-state index contributed by atoms with van der Waals surface area (Å²) in [6.07, 6.45) is 4.09. The van der Waals surface area contributed by atoms with Gasteiger partial charge in [0, 0.05) is 13.2 Å². The molecule has 0 amide bonds. The Hall–Kier alpha value is -1.73. The second-order valence-electron chi connectivity index (χ2n) is 3.98. The van der Waals surface area contributed by atoms with Gasteiger partial charge in [-0.3, -0.25) is 0 Å². The van der Waals surface area contributed by atoms with Gasteiger partial charge >= 0.3 is 0 Å². The lowest BCUT2D eigenvalue weighted by Crippen LogP contribution is -2.04. The molecular weight excluding hydrogens is 214 g/mol. The number of nitriles is 1. The zero-order chi connectivity index (χ0) is 12.5. The summed E-state index contributed by atoms with van der Waals surface area (Å²) in [7, 11) is 0. The van der Waals surface area contributed by atoms with Gasteiger partial charge in [0.25, 0.3) is 0 Å². The molecule has 0 aliphatic carbocycles. The normalized spacial score (nSPS) is 9.88. The van der Waals surface area contributed by atoms with Gasteiger partial charge in [-0.05, 0) is 31.0 Å². The number of anilines is 2. The molecule has 0 bridgehead atoms. The first-order valence-corrected chi connectivity index (χ1v) is 5.92. The van der Waals surface area contributed by atoms with E-state index < -0.39 is 0 Å². The van der Waals surface area contributed by atoms with Crippen LogP contribution in [0.4, 0.5) is 11.4 Å². The quantitative estimate of drug-likeness (QED) is 0.497. The highest BCUT2D eigenvalue weighted by atomic mass is 16.2. The number of rotatable bonds is 7. The second-order valence-corrected chi connectivity index (χ2v) is 3.98. The van der Waals surface area contributed by atoms with Gasteiger partial charge in [0.1, 0.15) is 0 Å². The maximum atomic E-state index is 8.70. The molecule has 0 aliphatic heterocycles. The third-order valence-electron chi connectivity index (χ3n) is 2.58. The van der Waals surface area contributed by atoms with Crippen molar-refractivity contribution in [2.75, 3.05) is 24.2 Å². The summed E-state index contributed by atoms with van der Waals surface area (Å²) in [5, 5.41) is 20.6. The van der Waals surface area contributed by atoms with Crippen molar-refractivity contribution >= 4 is 11.4 Å². The number of nitrogens with zero attached hydrogens (tertiary/aromatic N) is 1. The molecule has 0 radical (unpaired) electrons. The fourth-order valence-electron chi connectivity index (χ4n) is 1.61. The van der Waals surface area contributed by atoms with Crippen molar-refractivity contribution in [3.63, 3.8) is 0 Å². The van der Waals surface area contributed by atoms with Crippen LogP contribution in [0.25, 0.3) is 0 Å². The summed E-state index contributed by atoms with van der Waals surface area (Å²) in [5.41, 5.74) is 7.88. The lowest BCUT2D eigenvalue weighted by atomic mass is 10.1. The van der Waals surface area contributed by atoms with Crippen LogP contribution >= 0.6 is 0 Å². The van der Waals surface area contributed by atoms with Gasteiger partial charge in [-0.25, -0.2) is 0 Å². The minimum absolute atomic E-state index is 0.274. The first-order chi connectivity index (χ1) is 8.27. The average Bonchev–Trinajstić information content (AvgIpc) is 2.35. The fourth-order valence-corrected chi connectivity index (χ4v) is 1.61. The van der Waals surface area contributed by atoms with Crippen LogP contribution in [-0.2, 0) is 0 Å². The second kappa shape index (κ2) is 7.53. The van der Waals surface area contributed by atoms with E-state index in [1.54, 1.807) is 12.1 Å². The Morgan fingerprint density at radius 1 is 1.24 bits per heavy atom. The fraction of sp³-hybridized carbons (Fsp3) is 0.462. The predicted octanol–water partition coefficient (Wildman–Crippen LogP) is 2.11. The van der Waals surface area contributed by atoms with Crippen molar-refractivity contribution < 1.29 is 5.11 Å². The van der Waals surface area contributed by atoms with Gasteiger partial charge < -0.3 is 16.2 Å². The number of hydrogen-bond donors (Lipinski definition) is 3. The third-order valence-corrected chi connectivity index (χ3v) is 2.58. The van der Waals surface area contributed by atoms with Crippen molar-refractivity contribution in [1.82, 2.24) is 0 Å². The van der Waals surface area contributed by atoms with Gasteiger partial charge in [0.15, 0.2) is 0 Å². The summed E-state index contributed by atoms with van der Waals surface area (Å²) >= 11 is 0. The topological polar surface area (TPSA) is 82.1 Å². The average molecular weight is 233 g/mol. The minimum Gasteiger partial charge on any atom is -0.397 e. The van der Waals surface area contributed by atoms with Gasteiger partial charge in [0.05, 0.1) is 23.0 Å². The minimum atomic E-state index is 0.274. The molecule has 0 aromatic heterocycles. The van der Waals surface area contributed by atoms with Crippen molar-refractivity contribution in [2.24, 2.45) is 0 Å². The largest absolute Gasteiger partial charge is 0.397 e. The molecule has 4 N–H and O–H groups in total. The van der Waals surface area contributed by atoms with E-state index >= 15 is 0 Å². The third kappa shape index (κ3) is 4.75. The van der Waals surface area contributed by atoms with Crippen LogP contribution in [0.1, 0.15) is 31.2 Å². The van der Waals surface area contributed by atoms with Crippen molar-refractivity contribution in [3.8, 4) is 6.07 Å². The van der Waals surface area contributed by atoms with Crippen LogP contribution in [0.5, 0.6) is 0 Å². The Balaban J connectivity index is 2.30. The Labute approximate surface area is 102 Å². The molecule has 17 heavy (non-hydrogen) atoms. The zero-order valence-corrected chi connectivity index (χ0v) is 9.95.